The average Bonchev–Trinajstić information content (AvgIpc) is 2.34. The van der Waals surface area contributed by atoms with Crippen molar-refractivity contribution in [3.05, 3.63) is 0 Å². The lowest BCUT2D eigenvalue weighted by Crippen LogP contribution is -2.54. The molecule has 1 fully saturated rings. The van der Waals surface area contributed by atoms with Gasteiger partial charge in [0.1, 0.15) is 0 Å². The van der Waals surface area contributed by atoms with Gasteiger partial charge in [-0.3, -0.25) is 4.79 Å². The number of nitrogens with one attached hydrogen (secondary N) is 1. The van der Waals surface area contributed by atoms with E-state index in [-0.39, 0.29) is 30.6 Å². The Labute approximate surface area is 116 Å². The Balaban J connectivity index is 2.66. The summed E-state index contributed by atoms with van der Waals surface area (Å²) in [6.07, 6.45) is 1.68. The summed E-state index contributed by atoms with van der Waals surface area (Å²) < 4.78 is 0. The predicted octanol–water partition coefficient (Wildman–Crippen LogP) is 0.214. The van der Waals surface area contributed by atoms with Gasteiger partial charge < -0.3 is 20.4 Å². The number of hydrogen-bond acceptors (Lipinski definition) is 4. The number of carbonyl (C=O) groups is 1. The molecule has 0 spiro atoms. The van der Waals surface area contributed by atoms with E-state index in [4.69, 9.17) is 10.2 Å². The number of aliphatic hydroxyl groups is 2. The monoisotopic (exact) mass is 272 g/mol. The largest absolute Gasteiger partial charge is 0.396 e. The molecule has 112 valence electrons. The number of amides is 1. The standard InChI is InChI=1S/C14H28N2O3/c1-14(2,3)13(19)16-9-11(4-6-17)8-12(10-16)15-5-7-18/h11-12,15,17-18H,4-10H2,1-3H3. The van der Waals surface area contributed by atoms with Crippen LogP contribution in [0.5, 0.6) is 0 Å². The molecule has 0 aliphatic carbocycles. The second kappa shape index (κ2) is 7.22. The highest BCUT2D eigenvalue weighted by Gasteiger charge is 2.34. The van der Waals surface area contributed by atoms with Crippen molar-refractivity contribution >= 4 is 5.91 Å². The molecular formula is C14H28N2O3. The van der Waals surface area contributed by atoms with Gasteiger partial charge in [-0.25, -0.2) is 0 Å². The Bertz CT molecular complexity index is 289. The summed E-state index contributed by atoms with van der Waals surface area (Å²) in [5.41, 5.74) is -0.372. The Hall–Kier alpha value is -0.650. The second-order valence-electron chi connectivity index (χ2n) is 6.45. The van der Waals surface area contributed by atoms with E-state index in [1.807, 2.05) is 25.7 Å². The Morgan fingerprint density at radius 1 is 1.26 bits per heavy atom. The SMILES string of the molecule is CC(C)(C)C(=O)N1CC(CCO)CC(NCCO)C1. The summed E-state index contributed by atoms with van der Waals surface area (Å²) in [6.45, 7) is 8.03. The molecule has 5 nitrogen and oxygen atoms in total. The number of hydrogen-bond donors (Lipinski definition) is 3. The van der Waals surface area contributed by atoms with Gasteiger partial charge in [-0.2, -0.15) is 0 Å². The van der Waals surface area contributed by atoms with E-state index in [0.717, 1.165) is 19.4 Å². The summed E-state index contributed by atoms with van der Waals surface area (Å²) in [5.74, 6) is 0.493. The predicted molar refractivity (Wildman–Crippen MR) is 74.7 cm³/mol. The smallest absolute Gasteiger partial charge is 0.228 e. The molecule has 1 heterocycles. The lowest BCUT2D eigenvalue weighted by Gasteiger charge is -2.40. The van der Waals surface area contributed by atoms with Gasteiger partial charge in [0.05, 0.1) is 6.61 Å². The van der Waals surface area contributed by atoms with Crippen molar-refractivity contribution in [2.45, 2.75) is 39.7 Å². The van der Waals surface area contributed by atoms with Crippen molar-refractivity contribution in [3.63, 3.8) is 0 Å². The maximum absolute atomic E-state index is 12.4. The second-order valence-corrected chi connectivity index (χ2v) is 6.45. The first-order chi connectivity index (χ1) is 8.88. The van der Waals surface area contributed by atoms with E-state index in [2.05, 4.69) is 5.32 Å². The Kier molecular flexibility index (Phi) is 6.23. The zero-order valence-corrected chi connectivity index (χ0v) is 12.4. The van der Waals surface area contributed by atoms with Gasteiger partial charge in [0, 0.05) is 37.7 Å². The quantitative estimate of drug-likeness (QED) is 0.669. The highest BCUT2D eigenvalue weighted by molar-refractivity contribution is 5.81. The normalized spacial score (nSPS) is 24.6. The van der Waals surface area contributed by atoms with Crippen LogP contribution in [0.25, 0.3) is 0 Å². The minimum absolute atomic E-state index is 0.106. The summed E-state index contributed by atoms with van der Waals surface area (Å²) >= 11 is 0. The van der Waals surface area contributed by atoms with Crippen molar-refractivity contribution in [3.8, 4) is 0 Å². The molecule has 1 amide bonds. The molecule has 0 radical (unpaired) electrons. The van der Waals surface area contributed by atoms with Gasteiger partial charge in [-0.15, -0.1) is 0 Å². The van der Waals surface area contributed by atoms with Crippen LogP contribution >= 0.6 is 0 Å². The van der Waals surface area contributed by atoms with Gasteiger partial charge in [0.25, 0.3) is 0 Å². The highest BCUT2D eigenvalue weighted by atomic mass is 16.3. The first-order valence-electron chi connectivity index (χ1n) is 7.13. The fourth-order valence-corrected chi connectivity index (χ4v) is 2.65. The number of rotatable bonds is 5. The fourth-order valence-electron chi connectivity index (χ4n) is 2.65. The topological polar surface area (TPSA) is 72.8 Å². The van der Waals surface area contributed by atoms with E-state index in [9.17, 15) is 4.79 Å². The molecule has 0 saturated carbocycles. The zero-order chi connectivity index (χ0) is 14.5. The van der Waals surface area contributed by atoms with Crippen molar-refractivity contribution in [1.29, 1.82) is 0 Å². The summed E-state index contributed by atoms with van der Waals surface area (Å²) in [4.78, 5) is 14.3. The van der Waals surface area contributed by atoms with Gasteiger partial charge in [-0.05, 0) is 18.8 Å². The number of nitrogens with zero attached hydrogens (tertiary/aromatic N) is 1. The van der Waals surface area contributed by atoms with E-state index in [1.165, 1.54) is 0 Å². The van der Waals surface area contributed by atoms with Crippen LogP contribution in [-0.2, 0) is 4.79 Å². The molecule has 0 bridgehead atoms. The minimum atomic E-state index is -0.372. The third-order valence-corrected chi connectivity index (χ3v) is 3.55. The van der Waals surface area contributed by atoms with E-state index >= 15 is 0 Å². The lowest BCUT2D eigenvalue weighted by atomic mass is 9.88. The molecule has 3 N–H and O–H groups in total. The van der Waals surface area contributed by atoms with Gasteiger partial charge in [-0.1, -0.05) is 20.8 Å². The van der Waals surface area contributed by atoms with Crippen molar-refractivity contribution in [2.24, 2.45) is 11.3 Å². The van der Waals surface area contributed by atoms with Crippen LogP contribution < -0.4 is 5.32 Å². The number of likely N-dealkylation sites (tertiary alicyclic amines) is 1. The average molecular weight is 272 g/mol. The maximum Gasteiger partial charge on any atom is 0.228 e. The molecule has 2 atom stereocenters. The van der Waals surface area contributed by atoms with Gasteiger partial charge in [0.15, 0.2) is 0 Å². The Morgan fingerprint density at radius 2 is 1.95 bits per heavy atom. The van der Waals surface area contributed by atoms with Crippen LogP contribution in [0.4, 0.5) is 0 Å². The Morgan fingerprint density at radius 3 is 2.47 bits per heavy atom. The molecule has 1 aliphatic heterocycles. The van der Waals surface area contributed by atoms with Gasteiger partial charge >= 0.3 is 0 Å². The molecule has 5 heteroatoms. The van der Waals surface area contributed by atoms with E-state index in [1.54, 1.807) is 0 Å². The summed E-state index contributed by atoms with van der Waals surface area (Å²) in [7, 11) is 0. The molecule has 1 aliphatic rings. The molecule has 1 saturated heterocycles. The highest BCUT2D eigenvalue weighted by Crippen LogP contribution is 2.25. The van der Waals surface area contributed by atoms with Gasteiger partial charge in [0.2, 0.25) is 5.91 Å². The van der Waals surface area contributed by atoms with Crippen molar-refractivity contribution in [1.82, 2.24) is 10.2 Å². The minimum Gasteiger partial charge on any atom is -0.396 e. The molecule has 2 unspecified atom stereocenters. The van der Waals surface area contributed by atoms with E-state index in [0.29, 0.717) is 19.0 Å². The maximum atomic E-state index is 12.4. The van der Waals surface area contributed by atoms with Crippen LogP contribution in [0.2, 0.25) is 0 Å². The lowest BCUT2D eigenvalue weighted by molar-refractivity contribution is -0.142. The molecule has 19 heavy (non-hydrogen) atoms. The number of piperidine rings is 1. The molecule has 0 aromatic carbocycles. The first-order valence-corrected chi connectivity index (χ1v) is 7.13. The number of carbonyl (C=O) groups excluding carboxylic acids is 1. The molecule has 0 aromatic rings. The third kappa shape index (κ3) is 5.09. The zero-order valence-electron chi connectivity index (χ0n) is 12.4. The first kappa shape index (κ1) is 16.4. The molecule has 0 aromatic heterocycles. The number of aliphatic hydroxyl groups excluding tert-OH is 2. The van der Waals surface area contributed by atoms with Crippen molar-refractivity contribution in [2.75, 3.05) is 32.8 Å². The van der Waals surface area contributed by atoms with Crippen LogP contribution in [-0.4, -0.2) is 59.9 Å². The van der Waals surface area contributed by atoms with Crippen LogP contribution in [0.15, 0.2) is 0 Å². The van der Waals surface area contributed by atoms with Crippen LogP contribution in [0.1, 0.15) is 33.6 Å². The summed E-state index contributed by atoms with van der Waals surface area (Å²) in [5, 5.41) is 21.3. The van der Waals surface area contributed by atoms with Crippen LogP contribution in [0, 0.1) is 11.3 Å². The third-order valence-electron chi connectivity index (χ3n) is 3.55. The van der Waals surface area contributed by atoms with Crippen molar-refractivity contribution < 1.29 is 15.0 Å². The summed E-state index contributed by atoms with van der Waals surface area (Å²) in [6, 6.07) is 0.212. The molecule has 1 rings (SSSR count). The fraction of sp³-hybridized carbons (Fsp3) is 0.929. The van der Waals surface area contributed by atoms with E-state index < -0.39 is 0 Å². The van der Waals surface area contributed by atoms with Crippen LogP contribution in [0.3, 0.4) is 0 Å². The molecular weight excluding hydrogens is 244 g/mol.